The fourth-order valence-corrected chi connectivity index (χ4v) is 2.10. The summed E-state index contributed by atoms with van der Waals surface area (Å²) in [6.45, 7) is 0. The Morgan fingerprint density at radius 2 is 1.72 bits per heavy atom. The first-order valence-electron chi connectivity index (χ1n) is 5.09. The van der Waals surface area contributed by atoms with Gasteiger partial charge in [-0.3, -0.25) is 4.79 Å². The normalized spacial score (nSPS) is 10.2. The molecule has 18 heavy (non-hydrogen) atoms. The molecule has 0 bridgehead atoms. The maximum Gasteiger partial charge on any atom is 0.255 e. The van der Waals surface area contributed by atoms with E-state index >= 15 is 0 Å². The van der Waals surface area contributed by atoms with Crippen LogP contribution in [0.5, 0.6) is 0 Å². The van der Waals surface area contributed by atoms with Crippen molar-refractivity contribution in [2.75, 3.05) is 5.32 Å². The molecule has 2 rings (SSSR count). The Labute approximate surface area is 128 Å². The lowest BCUT2D eigenvalue weighted by molar-refractivity contribution is 0.102. The van der Waals surface area contributed by atoms with E-state index in [2.05, 4.69) is 27.9 Å². The average molecular weight is 392 g/mol. The summed E-state index contributed by atoms with van der Waals surface area (Å²) < 4.78 is 1.07. The summed E-state index contributed by atoms with van der Waals surface area (Å²) in [7, 11) is 0. The van der Waals surface area contributed by atoms with Crippen molar-refractivity contribution in [2.24, 2.45) is 0 Å². The summed E-state index contributed by atoms with van der Waals surface area (Å²) in [4.78, 5) is 12.0. The van der Waals surface area contributed by atoms with E-state index in [1.165, 1.54) is 0 Å². The Balaban J connectivity index is 2.21. The van der Waals surface area contributed by atoms with E-state index in [9.17, 15) is 4.79 Å². The molecule has 2 aromatic rings. The number of nitrogens with one attached hydrogen (secondary N) is 1. The number of benzene rings is 2. The molecule has 0 aliphatic rings. The van der Waals surface area contributed by atoms with Crippen molar-refractivity contribution in [1.29, 1.82) is 0 Å². The van der Waals surface area contributed by atoms with Crippen molar-refractivity contribution in [3.8, 4) is 0 Å². The Bertz CT molecular complexity index is 584. The van der Waals surface area contributed by atoms with E-state index in [4.69, 9.17) is 23.2 Å². The van der Waals surface area contributed by atoms with E-state index in [0.717, 1.165) is 3.57 Å². The molecule has 0 radical (unpaired) electrons. The van der Waals surface area contributed by atoms with Crippen LogP contribution in [0.1, 0.15) is 10.4 Å². The smallest absolute Gasteiger partial charge is 0.255 e. The van der Waals surface area contributed by atoms with Gasteiger partial charge in [0.1, 0.15) is 0 Å². The summed E-state index contributed by atoms with van der Waals surface area (Å²) in [5.41, 5.74) is 1.08. The second-order valence-electron chi connectivity index (χ2n) is 3.56. The number of carbonyl (C=O) groups is 1. The number of hydrogen-bond donors (Lipinski definition) is 1. The highest BCUT2D eigenvalue weighted by molar-refractivity contribution is 14.1. The van der Waals surface area contributed by atoms with E-state index in [1.807, 2.05) is 12.1 Å². The molecule has 5 heteroatoms. The minimum Gasteiger partial charge on any atom is -0.321 e. The molecule has 0 atom stereocenters. The van der Waals surface area contributed by atoms with Gasteiger partial charge in [0.15, 0.2) is 0 Å². The van der Waals surface area contributed by atoms with Crippen molar-refractivity contribution < 1.29 is 4.79 Å². The van der Waals surface area contributed by atoms with Crippen LogP contribution in [-0.4, -0.2) is 5.91 Å². The van der Waals surface area contributed by atoms with Gasteiger partial charge in [-0.15, -0.1) is 0 Å². The molecule has 0 fully saturated rings. The van der Waals surface area contributed by atoms with Crippen molar-refractivity contribution in [2.45, 2.75) is 0 Å². The molecule has 0 unspecified atom stereocenters. The van der Waals surface area contributed by atoms with Gasteiger partial charge in [-0.25, -0.2) is 0 Å². The quantitative estimate of drug-likeness (QED) is 0.728. The molecule has 2 nitrogen and oxygen atoms in total. The van der Waals surface area contributed by atoms with Gasteiger partial charge < -0.3 is 5.32 Å². The summed E-state index contributed by atoms with van der Waals surface area (Å²) >= 11 is 14.1. The highest BCUT2D eigenvalue weighted by Crippen LogP contribution is 2.29. The van der Waals surface area contributed by atoms with Gasteiger partial charge in [-0.05, 0) is 59.0 Å². The second kappa shape index (κ2) is 5.91. The monoisotopic (exact) mass is 391 g/mol. The van der Waals surface area contributed by atoms with Gasteiger partial charge in [0.2, 0.25) is 0 Å². The van der Waals surface area contributed by atoms with Crippen LogP contribution in [0, 0.1) is 3.57 Å². The van der Waals surface area contributed by atoms with Gasteiger partial charge in [-0.1, -0.05) is 29.3 Å². The molecule has 0 spiro atoms. The summed E-state index contributed by atoms with van der Waals surface area (Å²) in [5, 5.41) is 3.49. The number of halogens is 3. The largest absolute Gasteiger partial charge is 0.321 e. The van der Waals surface area contributed by atoms with E-state index < -0.39 is 0 Å². The fraction of sp³-hybridized carbons (Fsp3) is 0. The van der Waals surface area contributed by atoms with Gasteiger partial charge in [0.25, 0.3) is 5.91 Å². The summed E-state index contributed by atoms with van der Waals surface area (Å²) in [5.74, 6) is -0.212. The predicted molar refractivity (Wildman–Crippen MR) is 83.6 cm³/mol. The summed E-state index contributed by atoms with van der Waals surface area (Å²) in [6, 6.07) is 12.4. The van der Waals surface area contributed by atoms with Crippen molar-refractivity contribution in [3.05, 3.63) is 61.6 Å². The molecule has 0 aliphatic heterocycles. The molecule has 1 N–H and O–H groups in total. The fourth-order valence-electron chi connectivity index (χ4n) is 1.40. The summed E-state index contributed by atoms with van der Waals surface area (Å²) in [6.07, 6.45) is 0. The van der Waals surface area contributed by atoms with Gasteiger partial charge in [0, 0.05) is 9.13 Å². The zero-order chi connectivity index (χ0) is 13.1. The first kappa shape index (κ1) is 13.6. The van der Waals surface area contributed by atoms with Gasteiger partial charge in [-0.2, -0.15) is 0 Å². The number of hydrogen-bond acceptors (Lipinski definition) is 1. The van der Waals surface area contributed by atoms with Crippen LogP contribution < -0.4 is 5.32 Å². The molecular formula is C13H8Cl2INO. The van der Waals surface area contributed by atoms with Crippen LogP contribution in [0.4, 0.5) is 5.69 Å². The standard InChI is InChI=1S/C13H8Cl2INO/c14-10-2-1-3-11(12(10)15)17-13(18)8-4-6-9(16)7-5-8/h1-7H,(H,17,18). The molecule has 0 heterocycles. The third-order valence-corrected chi connectivity index (χ3v) is 3.84. The first-order chi connectivity index (χ1) is 8.58. The Morgan fingerprint density at radius 3 is 2.39 bits per heavy atom. The van der Waals surface area contributed by atoms with Crippen LogP contribution in [0.2, 0.25) is 10.0 Å². The maximum atomic E-state index is 12.0. The van der Waals surface area contributed by atoms with E-state index in [0.29, 0.717) is 21.3 Å². The van der Waals surface area contributed by atoms with Crippen LogP contribution >= 0.6 is 45.8 Å². The van der Waals surface area contributed by atoms with Crippen LogP contribution in [0.3, 0.4) is 0 Å². The minimum absolute atomic E-state index is 0.212. The van der Waals surface area contributed by atoms with Gasteiger partial charge >= 0.3 is 0 Å². The Morgan fingerprint density at radius 1 is 1.06 bits per heavy atom. The molecule has 92 valence electrons. The molecule has 1 amide bonds. The predicted octanol–water partition coefficient (Wildman–Crippen LogP) is 4.85. The van der Waals surface area contributed by atoms with E-state index in [-0.39, 0.29) is 5.91 Å². The number of amides is 1. The van der Waals surface area contributed by atoms with Crippen molar-refractivity contribution >= 4 is 57.4 Å². The van der Waals surface area contributed by atoms with E-state index in [1.54, 1.807) is 30.3 Å². The van der Waals surface area contributed by atoms with Crippen LogP contribution in [0.15, 0.2) is 42.5 Å². The topological polar surface area (TPSA) is 29.1 Å². The zero-order valence-electron chi connectivity index (χ0n) is 9.08. The number of carbonyl (C=O) groups excluding carboxylic acids is 1. The second-order valence-corrected chi connectivity index (χ2v) is 5.59. The van der Waals surface area contributed by atoms with Crippen molar-refractivity contribution in [1.82, 2.24) is 0 Å². The molecule has 0 aliphatic carbocycles. The number of anilines is 1. The lowest BCUT2D eigenvalue weighted by atomic mass is 10.2. The molecule has 0 saturated carbocycles. The molecule has 2 aromatic carbocycles. The Hall–Kier alpha value is -0.780. The van der Waals surface area contributed by atoms with Crippen LogP contribution in [0.25, 0.3) is 0 Å². The molecule has 0 saturated heterocycles. The zero-order valence-corrected chi connectivity index (χ0v) is 12.8. The molecule has 0 aromatic heterocycles. The average Bonchev–Trinajstić information content (AvgIpc) is 2.36. The highest BCUT2D eigenvalue weighted by Gasteiger charge is 2.09. The molecular weight excluding hydrogens is 384 g/mol. The lowest BCUT2D eigenvalue weighted by Crippen LogP contribution is -2.12. The Kier molecular flexibility index (Phi) is 4.48. The minimum atomic E-state index is -0.212. The third-order valence-electron chi connectivity index (χ3n) is 2.31. The van der Waals surface area contributed by atoms with Crippen LogP contribution in [-0.2, 0) is 0 Å². The van der Waals surface area contributed by atoms with Gasteiger partial charge in [0.05, 0.1) is 15.7 Å². The highest BCUT2D eigenvalue weighted by atomic mass is 127. The SMILES string of the molecule is O=C(Nc1cccc(Cl)c1Cl)c1ccc(I)cc1. The maximum absolute atomic E-state index is 12.0. The number of rotatable bonds is 2. The first-order valence-corrected chi connectivity index (χ1v) is 6.92. The van der Waals surface area contributed by atoms with Crippen molar-refractivity contribution in [3.63, 3.8) is 0 Å². The third kappa shape index (κ3) is 3.16. The lowest BCUT2D eigenvalue weighted by Gasteiger charge is -2.08.